The van der Waals surface area contributed by atoms with Crippen molar-refractivity contribution in [1.82, 2.24) is 0 Å². The minimum Gasteiger partial charge on any atom is -0.497 e. The Morgan fingerprint density at radius 1 is 0.304 bits per heavy atom. The number of methoxy groups -OCH3 is 12. The van der Waals surface area contributed by atoms with Gasteiger partial charge in [-0.05, 0) is 0 Å². The van der Waals surface area contributed by atoms with Crippen molar-refractivity contribution < 1.29 is 56.8 Å². The maximum absolute atomic E-state index is 6.62. The first-order valence-electron chi connectivity index (χ1n) is 17.2. The van der Waals surface area contributed by atoms with Crippen LogP contribution < -0.4 is 77.6 Å². The minimum atomic E-state index is -2.65. The third-order valence-corrected chi connectivity index (χ3v) is 20.3. The van der Waals surface area contributed by atoms with Crippen LogP contribution in [0.4, 0.5) is 0 Å². The number of hydrogen-bond acceptors (Lipinski definition) is 12. The maximum Gasteiger partial charge on any atom is 0.148 e. The highest BCUT2D eigenvalue weighted by Gasteiger charge is 2.44. The molecule has 0 fully saturated rings. The molecular weight excluding hydrogens is 800 g/mol. The van der Waals surface area contributed by atoms with Gasteiger partial charge in [0.15, 0.2) is 0 Å². The van der Waals surface area contributed by atoms with Crippen LogP contribution >= 0.6 is 23.2 Å². The number of rotatable bonds is 18. The molecule has 4 aromatic rings. The van der Waals surface area contributed by atoms with Crippen LogP contribution in [0.15, 0.2) is 48.5 Å². The van der Waals surface area contributed by atoms with Gasteiger partial charge in [0.25, 0.3) is 0 Å². The Kier molecular flexibility index (Phi) is 16.9. The van der Waals surface area contributed by atoms with Crippen LogP contribution in [0.3, 0.4) is 0 Å². The smallest absolute Gasteiger partial charge is 0.148 e. The molecule has 4 rings (SSSR count). The van der Waals surface area contributed by atoms with Crippen molar-refractivity contribution in [3.05, 3.63) is 48.5 Å². The number of hydrogen-bond donors (Lipinski definition) is 0. The standard InChI is InChI=1S/2C20H27ClO6Si/c2*1-22-13-8-15(24-3)19(16(9-13)25-4)28(7,12-21)20-17(26-5)10-14(23-2)11-18(20)27-6/h2*8-11H,12H2,1-7H3. The summed E-state index contributed by atoms with van der Waals surface area (Å²) in [7, 11) is 14.0. The van der Waals surface area contributed by atoms with Gasteiger partial charge in [0.1, 0.15) is 85.1 Å². The molecule has 0 unspecified atom stereocenters. The summed E-state index contributed by atoms with van der Waals surface area (Å²) in [6, 6.07) is 14.7. The molecule has 308 valence electrons. The first-order valence-corrected chi connectivity index (χ1v) is 23.7. The highest BCUT2D eigenvalue weighted by molar-refractivity contribution is 7.07. The second-order valence-corrected chi connectivity index (χ2v) is 22.0. The Labute approximate surface area is 342 Å². The van der Waals surface area contributed by atoms with E-state index in [0.717, 1.165) is 20.7 Å². The molecule has 0 radical (unpaired) electrons. The summed E-state index contributed by atoms with van der Waals surface area (Å²) in [5, 5.41) is 3.59. The normalized spacial score (nSPS) is 11.0. The summed E-state index contributed by atoms with van der Waals surface area (Å²) in [5.41, 5.74) is 0.705. The molecule has 0 heterocycles. The van der Waals surface area contributed by atoms with Crippen LogP contribution in [0.1, 0.15) is 0 Å². The van der Waals surface area contributed by atoms with E-state index in [0.29, 0.717) is 80.0 Å². The average molecular weight is 854 g/mol. The van der Waals surface area contributed by atoms with E-state index in [1.807, 2.05) is 48.5 Å². The second-order valence-electron chi connectivity index (χ2n) is 12.6. The van der Waals surface area contributed by atoms with E-state index >= 15 is 0 Å². The monoisotopic (exact) mass is 852 g/mol. The van der Waals surface area contributed by atoms with Gasteiger partial charge in [0.05, 0.1) is 85.3 Å². The van der Waals surface area contributed by atoms with Crippen molar-refractivity contribution in [2.45, 2.75) is 13.1 Å². The van der Waals surface area contributed by atoms with Gasteiger partial charge in [-0.15, -0.1) is 23.2 Å². The molecule has 0 N–H and O–H groups in total. The van der Waals surface area contributed by atoms with E-state index in [-0.39, 0.29) is 0 Å². The molecule has 0 amide bonds. The van der Waals surface area contributed by atoms with Crippen LogP contribution in [0, 0.1) is 0 Å². The Morgan fingerprint density at radius 3 is 0.536 bits per heavy atom. The van der Waals surface area contributed by atoms with Gasteiger partial charge in [0.2, 0.25) is 0 Å². The van der Waals surface area contributed by atoms with E-state index in [4.69, 9.17) is 80.0 Å². The van der Waals surface area contributed by atoms with Crippen molar-refractivity contribution in [1.29, 1.82) is 0 Å². The quantitative estimate of drug-likeness (QED) is 0.0943. The fraction of sp³-hybridized carbons (Fsp3) is 0.400. The van der Waals surface area contributed by atoms with E-state index < -0.39 is 16.1 Å². The van der Waals surface area contributed by atoms with Gasteiger partial charge in [-0.2, -0.15) is 0 Å². The molecule has 12 nitrogen and oxygen atoms in total. The second kappa shape index (κ2) is 20.6. The number of benzene rings is 4. The van der Waals surface area contributed by atoms with Gasteiger partial charge in [-0.1, -0.05) is 13.1 Å². The lowest BCUT2D eigenvalue weighted by molar-refractivity contribution is 0.377. The van der Waals surface area contributed by atoms with Crippen molar-refractivity contribution in [2.24, 2.45) is 0 Å². The molecule has 16 heteroatoms. The zero-order valence-corrected chi connectivity index (χ0v) is 38.2. The average Bonchev–Trinajstić information content (AvgIpc) is 3.26. The number of alkyl halides is 2. The fourth-order valence-corrected chi connectivity index (χ4v) is 15.1. The van der Waals surface area contributed by atoms with Crippen LogP contribution in [0.25, 0.3) is 0 Å². The van der Waals surface area contributed by atoms with Gasteiger partial charge in [-0.25, -0.2) is 0 Å². The van der Waals surface area contributed by atoms with Crippen molar-refractivity contribution in [2.75, 3.05) is 96.3 Å². The van der Waals surface area contributed by atoms with Crippen LogP contribution in [-0.2, 0) is 0 Å². The van der Waals surface area contributed by atoms with E-state index in [2.05, 4.69) is 13.1 Å². The van der Waals surface area contributed by atoms with Gasteiger partial charge < -0.3 is 56.8 Å². The van der Waals surface area contributed by atoms with E-state index in [1.54, 1.807) is 85.3 Å². The molecule has 0 bridgehead atoms. The van der Waals surface area contributed by atoms with Crippen molar-refractivity contribution in [3.8, 4) is 69.0 Å². The third-order valence-electron chi connectivity index (χ3n) is 9.60. The van der Waals surface area contributed by atoms with Crippen LogP contribution in [-0.4, -0.2) is 112 Å². The van der Waals surface area contributed by atoms with Crippen molar-refractivity contribution >= 4 is 60.1 Å². The lowest BCUT2D eigenvalue weighted by Gasteiger charge is -2.32. The SMILES string of the molecule is COc1cc(OC)c([Si](C)(CCl)c2c(OC)cc(OC)cc2OC)c(OC)c1.COc1cc(OC)c([Si](C)(CCl)c2c(OC)cc(OC)cc2OC)c(OC)c1. The largest absolute Gasteiger partial charge is 0.497 e. The predicted octanol–water partition coefficient (Wildman–Crippen LogP) is 5.42. The summed E-state index contributed by atoms with van der Waals surface area (Å²) in [5.74, 6) is 7.70. The minimum absolute atomic E-state index is 0.352. The summed E-state index contributed by atoms with van der Waals surface area (Å²) in [4.78, 5) is 0. The van der Waals surface area contributed by atoms with Crippen LogP contribution in [0.2, 0.25) is 13.1 Å². The molecule has 0 aliphatic rings. The Balaban J connectivity index is 0.000000300. The highest BCUT2D eigenvalue weighted by atomic mass is 35.5. The topological polar surface area (TPSA) is 111 Å². The Bertz CT molecular complexity index is 1560. The lowest BCUT2D eigenvalue weighted by atomic mass is 10.3. The molecule has 0 spiro atoms. The summed E-state index contributed by atoms with van der Waals surface area (Å²) in [6.45, 7) is 4.25. The Hall–Kier alpha value is -4.51. The molecule has 0 atom stereocenters. The maximum atomic E-state index is 6.62. The summed E-state index contributed by atoms with van der Waals surface area (Å²) < 4.78 is 67.1. The first kappa shape index (κ1) is 45.9. The third kappa shape index (κ3) is 9.04. The molecule has 0 aliphatic heterocycles. The molecule has 56 heavy (non-hydrogen) atoms. The molecule has 4 aromatic carbocycles. The summed E-state index contributed by atoms with van der Waals surface area (Å²) >= 11 is 13.2. The molecule has 0 saturated carbocycles. The molecular formula is C40H54Cl2O12Si2. The van der Waals surface area contributed by atoms with E-state index in [1.165, 1.54) is 0 Å². The van der Waals surface area contributed by atoms with E-state index in [9.17, 15) is 0 Å². The highest BCUT2D eigenvalue weighted by Crippen LogP contribution is 2.36. The van der Waals surface area contributed by atoms with Gasteiger partial charge >= 0.3 is 0 Å². The first-order chi connectivity index (χ1) is 26.9. The Morgan fingerprint density at radius 2 is 0.446 bits per heavy atom. The van der Waals surface area contributed by atoms with Crippen LogP contribution in [0.5, 0.6) is 69.0 Å². The zero-order valence-electron chi connectivity index (χ0n) is 34.7. The number of ether oxygens (including phenoxy) is 12. The van der Waals surface area contributed by atoms with Crippen molar-refractivity contribution in [3.63, 3.8) is 0 Å². The number of halogens is 2. The van der Waals surface area contributed by atoms with Gasteiger partial charge in [-0.3, -0.25) is 0 Å². The summed E-state index contributed by atoms with van der Waals surface area (Å²) in [6.07, 6.45) is 0. The zero-order chi connectivity index (χ0) is 41.8. The molecule has 0 saturated heterocycles. The molecule has 0 aliphatic carbocycles. The predicted molar refractivity (Wildman–Crippen MR) is 228 cm³/mol. The fourth-order valence-electron chi connectivity index (χ4n) is 6.72. The molecule has 0 aromatic heterocycles. The van der Waals surface area contributed by atoms with Gasteiger partial charge in [0, 0.05) is 80.3 Å². The lowest BCUT2D eigenvalue weighted by Crippen LogP contribution is -2.59.